The molecule has 2 heterocycles. The molecule has 2 aromatic carbocycles. The molecule has 1 aliphatic rings. The van der Waals surface area contributed by atoms with Crippen LogP contribution in [0.25, 0.3) is 10.2 Å². The standard InChI is InChI=1S/C23H27N3O2S/c1-15-12-16(2)21-20(13-15)29-23(25-21)26-10-8-18(9-11-26)22(27)24-14-17-4-6-19(28-3)7-5-17/h4-7,12-13,18H,8-11,14H2,1-3H3,(H,24,27). The van der Waals surface area contributed by atoms with E-state index in [2.05, 4.69) is 36.2 Å². The minimum absolute atomic E-state index is 0.0721. The maximum Gasteiger partial charge on any atom is 0.223 e. The van der Waals surface area contributed by atoms with Crippen molar-refractivity contribution in [2.24, 2.45) is 5.92 Å². The van der Waals surface area contributed by atoms with Crippen LogP contribution in [0.15, 0.2) is 36.4 Å². The highest BCUT2D eigenvalue weighted by Crippen LogP contribution is 2.33. The van der Waals surface area contributed by atoms with Crippen molar-refractivity contribution in [2.75, 3.05) is 25.1 Å². The number of anilines is 1. The average Bonchev–Trinajstić information content (AvgIpc) is 3.17. The predicted octanol–water partition coefficient (Wildman–Crippen LogP) is 4.45. The molecule has 6 heteroatoms. The van der Waals surface area contributed by atoms with Gasteiger partial charge in [-0.05, 0) is 61.6 Å². The Bertz CT molecular complexity index is 1000. The summed E-state index contributed by atoms with van der Waals surface area (Å²) < 4.78 is 6.42. The number of fused-ring (bicyclic) bond motifs is 1. The van der Waals surface area contributed by atoms with Gasteiger partial charge in [-0.1, -0.05) is 29.5 Å². The van der Waals surface area contributed by atoms with Gasteiger partial charge in [0.25, 0.3) is 0 Å². The van der Waals surface area contributed by atoms with Gasteiger partial charge in [-0.3, -0.25) is 4.79 Å². The number of piperidine rings is 1. The number of methoxy groups -OCH3 is 1. The first-order chi connectivity index (χ1) is 14.0. The number of carbonyl (C=O) groups is 1. The van der Waals surface area contributed by atoms with E-state index in [4.69, 9.17) is 9.72 Å². The number of rotatable bonds is 5. The van der Waals surface area contributed by atoms with Gasteiger partial charge in [-0.2, -0.15) is 0 Å². The topological polar surface area (TPSA) is 54.5 Å². The van der Waals surface area contributed by atoms with Gasteiger partial charge in [-0.25, -0.2) is 4.98 Å². The van der Waals surface area contributed by atoms with E-state index in [0.29, 0.717) is 6.54 Å². The third-order valence-electron chi connectivity index (χ3n) is 5.58. The van der Waals surface area contributed by atoms with Crippen molar-refractivity contribution in [1.29, 1.82) is 0 Å². The fourth-order valence-electron chi connectivity index (χ4n) is 3.90. The number of aromatic nitrogens is 1. The SMILES string of the molecule is COc1ccc(CNC(=O)C2CCN(c3nc4c(C)cc(C)cc4s3)CC2)cc1. The zero-order valence-corrected chi connectivity index (χ0v) is 18.0. The summed E-state index contributed by atoms with van der Waals surface area (Å²) in [5.41, 5.74) is 4.69. The van der Waals surface area contributed by atoms with Crippen molar-refractivity contribution in [2.45, 2.75) is 33.2 Å². The molecule has 1 fully saturated rings. The van der Waals surface area contributed by atoms with Crippen LogP contribution in [0.5, 0.6) is 5.75 Å². The molecule has 0 radical (unpaired) electrons. The number of amides is 1. The molecule has 1 aliphatic heterocycles. The number of nitrogens with one attached hydrogen (secondary N) is 1. The van der Waals surface area contributed by atoms with Crippen LogP contribution in [0.1, 0.15) is 29.5 Å². The van der Waals surface area contributed by atoms with E-state index in [9.17, 15) is 4.79 Å². The lowest BCUT2D eigenvalue weighted by molar-refractivity contribution is -0.125. The lowest BCUT2D eigenvalue weighted by Crippen LogP contribution is -2.40. The van der Waals surface area contributed by atoms with E-state index >= 15 is 0 Å². The fraction of sp³-hybridized carbons (Fsp3) is 0.391. The molecule has 1 amide bonds. The van der Waals surface area contributed by atoms with Crippen LogP contribution in [0.2, 0.25) is 0 Å². The summed E-state index contributed by atoms with van der Waals surface area (Å²) in [6, 6.07) is 12.2. The van der Waals surface area contributed by atoms with Crippen molar-refractivity contribution in [3.8, 4) is 5.75 Å². The van der Waals surface area contributed by atoms with Crippen molar-refractivity contribution >= 4 is 32.6 Å². The maximum atomic E-state index is 12.6. The highest BCUT2D eigenvalue weighted by Gasteiger charge is 2.26. The molecule has 152 valence electrons. The van der Waals surface area contributed by atoms with Crippen molar-refractivity contribution < 1.29 is 9.53 Å². The second-order valence-corrected chi connectivity index (χ2v) is 8.76. The molecule has 1 aromatic heterocycles. The van der Waals surface area contributed by atoms with Crippen LogP contribution < -0.4 is 15.0 Å². The molecule has 5 nitrogen and oxygen atoms in total. The van der Waals surface area contributed by atoms with E-state index in [1.165, 1.54) is 15.8 Å². The normalized spacial score (nSPS) is 14.9. The van der Waals surface area contributed by atoms with Crippen LogP contribution in [0, 0.1) is 19.8 Å². The summed E-state index contributed by atoms with van der Waals surface area (Å²) in [4.78, 5) is 19.8. The summed E-state index contributed by atoms with van der Waals surface area (Å²) in [5, 5.41) is 4.16. The van der Waals surface area contributed by atoms with Gasteiger partial charge in [0.05, 0.1) is 17.3 Å². The van der Waals surface area contributed by atoms with E-state index in [0.717, 1.165) is 47.9 Å². The Morgan fingerprint density at radius 1 is 1.21 bits per heavy atom. The van der Waals surface area contributed by atoms with Gasteiger partial charge in [0.1, 0.15) is 5.75 Å². The molecule has 0 unspecified atom stereocenters. The Kier molecular flexibility index (Phi) is 5.72. The van der Waals surface area contributed by atoms with Crippen LogP contribution in [0.3, 0.4) is 0 Å². The summed E-state index contributed by atoms with van der Waals surface area (Å²) in [6.07, 6.45) is 1.73. The predicted molar refractivity (Wildman–Crippen MR) is 119 cm³/mol. The van der Waals surface area contributed by atoms with Gasteiger partial charge in [0.15, 0.2) is 5.13 Å². The largest absolute Gasteiger partial charge is 0.497 e. The molecule has 29 heavy (non-hydrogen) atoms. The third-order valence-corrected chi connectivity index (χ3v) is 6.64. The Balaban J connectivity index is 1.32. The minimum atomic E-state index is 0.0721. The lowest BCUT2D eigenvalue weighted by Gasteiger charge is -2.31. The second-order valence-electron chi connectivity index (χ2n) is 7.75. The molecule has 0 spiro atoms. The molecule has 1 saturated heterocycles. The molecular weight excluding hydrogens is 382 g/mol. The van der Waals surface area contributed by atoms with E-state index < -0.39 is 0 Å². The number of carbonyl (C=O) groups excluding carboxylic acids is 1. The highest BCUT2D eigenvalue weighted by molar-refractivity contribution is 7.22. The first-order valence-corrected chi connectivity index (χ1v) is 10.9. The quantitative estimate of drug-likeness (QED) is 0.676. The Hall–Kier alpha value is -2.60. The number of hydrogen-bond donors (Lipinski definition) is 1. The summed E-state index contributed by atoms with van der Waals surface area (Å²) >= 11 is 1.76. The maximum absolute atomic E-state index is 12.6. The zero-order chi connectivity index (χ0) is 20.4. The second kappa shape index (κ2) is 8.41. The zero-order valence-electron chi connectivity index (χ0n) is 17.2. The number of benzene rings is 2. The van der Waals surface area contributed by atoms with E-state index in [1.807, 2.05) is 24.3 Å². The molecule has 0 aliphatic carbocycles. The van der Waals surface area contributed by atoms with Gasteiger partial charge in [0, 0.05) is 25.6 Å². The van der Waals surface area contributed by atoms with Crippen LogP contribution in [0.4, 0.5) is 5.13 Å². The highest BCUT2D eigenvalue weighted by atomic mass is 32.1. The monoisotopic (exact) mass is 409 g/mol. The van der Waals surface area contributed by atoms with E-state index in [-0.39, 0.29) is 11.8 Å². The van der Waals surface area contributed by atoms with Crippen molar-refractivity contribution in [3.05, 3.63) is 53.1 Å². The molecular formula is C23H27N3O2S. The first-order valence-electron chi connectivity index (χ1n) is 10.1. The lowest BCUT2D eigenvalue weighted by atomic mass is 9.96. The Morgan fingerprint density at radius 3 is 2.62 bits per heavy atom. The molecule has 0 saturated carbocycles. The Morgan fingerprint density at radius 2 is 1.93 bits per heavy atom. The summed E-state index contributed by atoms with van der Waals surface area (Å²) in [7, 11) is 1.65. The van der Waals surface area contributed by atoms with Gasteiger partial charge in [0.2, 0.25) is 5.91 Å². The van der Waals surface area contributed by atoms with Gasteiger partial charge >= 0.3 is 0 Å². The average molecular weight is 410 g/mol. The van der Waals surface area contributed by atoms with Crippen LogP contribution in [-0.2, 0) is 11.3 Å². The fourth-order valence-corrected chi connectivity index (χ4v) is 5.10. The van der Waals surface area contributed by atoms with Gasteiger partial charge < -0.3 is 15.0 Å². The van der Waals surface area contributed by atoms with Crippen molar-refractivity contribution in [3.63, 3.8) is 0 Å². The van der Waals surface area contributed by atoms with Crippen molar-refractivity contribution in [1.82, 2.24) is 10.3 Å². The summed E-state index contributed by atoms with van der Waals surface area (Å²) in [6.45, 7) is 6.55. The third kappa shape index (κ3) is 4.37. The summed E-state index contributed by atoms with van der Waals surface area (Å²) in [5.74, 6) is 1.05. The smallest absolute Gasteiger partial charge is 0.223 e. The molecule has 0 bridgehead atoms. The van der Waals surface area contributed by atoms with Crippen LogP contribution in [-0.4, -0.2) is 31.1 Å². The van der Waals surface area contributed by atoms with E-state index in [1.54, 1.807) is 18.4 Å². The Labute approximate surface area is 175 Å². The van der Waals surface area contributed by atoms with Crippen LogP contribution >= 0.6 is 11.3 Å². The molecule has 1 N–H and O–H groups in total. The minimum Gasteiger partial charge on any atom is -0.497 e. The number of thiazole rings is 1. The van der Waals surface area contributed by atoms with Gasteiger partial charge in [-0.15, -0.1) is 0 Å². The number of hydrogen-bond acceptors (Lipinski definition) is 5. The molecule has 3 aromatic rings. The number of ether oxygens (including phenoxy) is 1. The molecule has 4 rings (SSSR count). The first kappa shape index (κ1) is 19.7. The number of aryl methyl sites for hydroxylation is 2. The number of nitrogens with zero attached hydrogens (tertiary/aromatic N) is 2. The molecule has 0 atom stereocenters.